The van der Waals surface area contributed by atoms with Crippen molar-refractivity contribution in [1.29, 1.82) is 0 Å². The van der Waals surface area contributed by atoms with E-state index in [2.05, 4.69) is 22.4 Å². The van der Waals surface area contributed by atoms with Crippen molar-refractivity contribution >= 4 is 23.5 Å². The third-order valence-electron chi connectivity index (χ3n) is 3.39. The van der Waals surface area contributed by atoms with Crippen LogP contribution in [0.1, 0.15) is 38.3 Å². The number of hydrogen-bond donors (Lipinski definition) is 1. The minimum absolute atomic E-state index is 0.208. The first-order valence-corrected chi connectivity index (χ1v) is 6.65. The Kier molecular flexibility index (Phi) is 2.78. The third-order valence-corrected chi connectivity index (χ3v) is 3.62. The second-order valence-electron chi connectivity index (χ2n) is 4.70. The van der Waals surface area contributed by atoms with Crippen LogP contribution in [0.15, 0.2) is 34.7 Å². The summed E-state index contributed by atoms with van der Waals surface area (Å²) in [4.78, 5) is 0. The fourth-order valence-corrected chi connectivity index (χ4v) is 2.52. The van der Waals surface area contributed by atoms with Crippen LogP contribution in [0.2, 0.25) is 5.02 Å². The highest BCUT2D eigenvalue weighted by molar-refractivity contribution is 6.30. The molecule has 1 aromatic rings. The van der Waals surface area contributed by atoms with E-state index in [0.717, 1.165) is 16.5 Å². The number of hydrogen-bond acceptors (Lipinski definition) is 3. The Morgan fingerprint density at radius 1 is 1.44 bits per heavy atom. The van der Waals surface area contributed by atoms with Crippen molar-refractivity contribution in [1.82, 2.24) is 5.01 Å². The van der Waals surface area contributed by atoms with Gasteiger partial charge in [0.05, 0.1) is 6.04 Å². The Bertz CT molecular complexity index is 542. The molecule has 1 aromatic carbocycles. The molecule has 94 valence electrons. The highest BCUT2D eigenvalue weighted by atomic mass is 35.5. The Hall–Kier alpha value is -1.48. The summed E-state index contributed by atoms with van der Waals surface area (Å²) in [5, 5.41) is 10.8. The van der Waals surface area contributed by atoms with Crippen LogP contribution in [0.3, 0.4) is 0 Å². The monoisotopic (exact) mass is 261 g/mol. The van der Waals surface area contributed by atoms with Gasteiger partial charge < -0.3 is 5.32 Å². The summed E-state index contributed by atoms with van der Waals surface area (Å²) in [5.41, 5.74) is 3.79. The predicted molar refractivity (Wildman–Crippen MR) is 75.8 cm³/mol. The molecule has 0 aromatic heterocycles. The SMILES string of the molecule is C/C=N\N1C(=C2CC2)Nc2ccc(Cl)cc2C1C. The number of nitrogens with zero attached hydrogens (tertiary/aromatic N) is 2. The van der Waals surface area contributed by atoms with Crippen LogP contribution in [0.5, 0.6) is 0 Å². The van der Waals surface area contributed by atoms with Crippen molar-refractivity contribution in [3.8, 4) is 0 Å². The van der Waals surface area contributed by atoms with Crippen molar-refractivity contribution in [2.45, 2.75) is 32.7 Å². The molecule has 1 fully saturated rings. The molecule has 1 heterocycles. The highest BCUT2D eigenvalue weighted by Gasteiger charge is 2.31. The molecule has 1 unspecified atom stereocenters. The van der Waals surface area contributed by atoms with E-state index in [1.165, 1.54) is 24.0 Å². The van der Waals surface area contributed by atoms with Gasteiger partial charge in [0.1, 0.15) is 5.82 Å². The fraction of sp³-hybridized carbons (Fsp3) is 0.357. The molecule has 0 saturated heterocycles. The molecule has 18 heavy (non-hydrogen) atoms. The van der Waals surface area contributed by atoms with Crippen LogP contribution < -0.4 is 5.32 Å². The zero-order valence-electron chi connectivity index (χ0n) is 10.6. The predicted octanol–water partition coefficient (Wildman–Crippen LogP) is 4.14. The molecule has 1 aliphatic carbocycles. The summed E-state index contributed by atoms with van der Waals surface area (Å²) in [6.07, 6.45) is 4.18. The lowest BCUT2D eigenvalue weighted by atomic mass is 10.0. The van der Waals surface area contributed by atoms with E-state index >= 15 is 0 Å². The molecule has 0 spiro atoms. The van der Waals surface area contributed by atoms with E-state index in [0.29, 0.717) is 0 Å². The lowest BCUT2D eigenvalue weighted by Crippen LogP contribution is -2.31. The minimum Gasteiger partial charge on any atom is -0.340 e. The van der Waals surface area contributed by atoms with Crippen molar-refractivity contribution in [2.75, 3.05) is 5.32 Å². The molecule has 1 aliphatic heterocycles. The van der Waals surface area contributed by atoms with Gasteiger partial charge in [-0.05, 0) is 50.5 Å². The zero-order valence-corrected chi connectivity index (χ0v) is 11.3. The fourth-order valence-electron chi connectivity index (χ4n) is 2.34. The smallest absolute Gasteiger partial charge is 0.126 e. The van der Waals surface area contributed by atoms with Crippen molar-refractivity contribution in [2.24, 2.45) is 5.10 Å². The van der Waals surface area contributed by atoms with Crippen molar-refractivity contribution < 1.29 is 0 Å². The maximum Gasteiger partial charge on any atom is 0.126 e. The lowest BCUT2D eigenvalue weighted by Gasteiger charge is -2.36. The molecule has 3 rings (SSSR count). The van der Waals surface area contributed by atoms with E-state index < -0.39 is 0 Å². The van der Waals surface area contributed by atoms with Gasteiger partial charge >= 0.3 is 0 Å². The van der Waals surface area contributed by atoms with E-state index in [9.17, 15) is 0 Å². The summed E-state index contributed by atoms with van der Waals surface area (Å²) in [5.74, 6) is 1.15. The number of rotatable bonds is 1. The number of fused-ring (bicyclic) bond motifs is 1. The van der Waals surface area contributed by atoms with E-state index in [1.807, 2.05) is 31.3 Å². The molecule has 0 radical (unpaired) electrons. The number of halogens is 1. The molecular weight excluding hydrogens is 246 g/mol. The molecule has 1 N–H and O–H groups in total. The number of anilines is 1. The summed E-state index contributed by atoms with van der Waals surface area (Å²) in [6, 6.07) is 6.19. The molecule has 3 nitrogen and oxygen atoms in total. The van der Waals surface area contributed by atoms with Gasteiger partial charge in [-0.15, -0.1) is 0 Å². The first-order chi connectivity index (χ1) is 8.70. The van der Waals surface area contributed by atoms with Crippen LogP contribution in [0.25, 0.3) is 0 Å². The number of hydrazone groups is 1. The molecular formula is C14H16ClN3. The first kappa shape index (κ1) is 11.6. The lowest BCUT2D eigenvalue weighted by molar-refractivity contribution is 0.280. The molecule has 4 heteroatoms. The van der Waals surface area contributed by atoms with Crippen LogP contribution in [-0.2, 0) is 0 Å². The third kappa shape index (κ3) is 1.89. The molecule has 1 saturated carbocycles. The largest absolute Gasteiger partial charge is 0.340 e. The van der Waals surface area contributed by atoms with Gasteiger partial charge in [-0.2, -0.15) is 5.10 Å². The summed E-state index contributed by atoms with van der Waals surface area (Å²) < 4.78 is 0. The normalized spacial score (nSPS) is 22.2. The van der Waals surface area contributed by atoms with Gasteiger partial charge in [-0.3, -0.25) is 0 Å². The van der Waals surface area contributed by atoms with Crippen LogP contribution in [0, 0.1) is 0 Å². The number of allylic oxidation sites excluding steroid dienone is 1. The second kappa shape index (κ2) is 4.32. The summed E-state index contributed by atoms with van der Waals surface area (Å²) >= 11 is 6.08. The minimum atomic E-state index is 0.208. The summed E-state index contributed by atoms with van der Waals surface area (Å²) in [7, 11) is 0. The summed E-state index contributed by atoms with van der Waals surface area (Å²) in [6.45, 7) is 4.10. The molecule has 1 atom stereocenters. The van der Waals surface area contributed by atoms with E-state index in [4.69, 9.17) is 11.6 Å². The van der Waals surface area contributed by atoms with Gasteiger partial charge in [-0.1, -0.05) is 11.6 Å². The molecule has 0 bridgehead atoms. The quantitative estimate of drug-likeness (QED) is 0.770. The highest BCUT2D eigenvalue weighted by Crippen LogP contribution is 2.43. The average molecular weight is 262 g/mol. The topological polar surface area (TPSA) is 27.6 Å². The van der Waals surface area contributed by atoms with Crippen molar-refractivity contribution in [3.05, 3.63) is 40.2 Å². The zero-order chi connectivity index (χ0) is 12.7. The Morgan fingerprint density at radius 3 is 2.89 bits per heavy atom. The van der Waals surface area contributed by atoms with Gasteiger partial charge in [0, 0.05) is 22.5 Å². The Morgan fingerprint density at radius 2 is 2.22 bits per heavy atom. The van der Waals surface area contributed by atoms with Gasteiger partial charge in [-0.25, -0.2) is 5.01 Å². The van der Waals surface area contributed by atoms with Crippen LogP contribution in [-0.4, -0.2) is 11.2 Å². The average Bonchev–Trinajstić information content (AvgIpc) is 3.17. The van der Waals surface area contributed by atoms with Crippen LogP contribution in [0.4, 0.5) is 5.69 Å². The first-order valence-electron chi connectivity index (χ1n) is 6.27. The van der Waals surface area contributed by atoms with Gasteiger partial charge in [0.2, 0.25) is 0 Å². The maximum atomic E-state index is 6.08. The van der Waals surface area contributed by atoms with E-state index in [-0.39, 0.29) is 6.04 Å². The Labute approximate surface area is 112 Å². The van der Waals surface area contributed by atoms with Gasteiger partial charge in [0.25, 0.3) is 0 Å². The van der Waals surface area contributed by atoms with E-state index in [1.54, 1.807) is 0 Å². The maximum absolute atomic E-state index is 6.08. The Balaban J connectivity index is 2.09. The molecule has 2 aliphatic rings. The second-order valence-corrected chi connectivity index (χ2v) is 5.14. The van der Waals surface area contributed by atoms with Gasteiger partial charge in [0.15, 0.2) is 0 Å². The number of nitrogens with one attached hydrogen (secondary N) is 1. The number of benzene rings is 1. The standard InChI is InChI=1S/C14H16ClN3/c1-3-16-18-9(2)12-8-11(15)6-7-13(12)17-14(18)10-4-5-10/h3,6-9,17H,4-5H2,1-2H3/b16-3-. The molecule has 0 amide bonds. The van der Waals surface area contributed by atoms with Crippen LogP contribution >= 0.6 is 11.6 Å². The van der Waals surface area contributed by atoms with Crippen molar-refractivity contribution in [3.63, 3.8) is 0 Å².